The largest absolute Gasteiger partial charge is 0.391 e. The van der Waals surface area contributed by atoms with E-state index in [1.54, 1.807) is 0 Å². The number of hydrogen-bond donors (Lipinski definition) is 1. The summed E-state index contributed by atoms with van der Waals surface area (Å²) in [4.78, 5) is 17.8. The third-order valence-corrected chi connectivity index (χ3v) is 14.3. The van der Waals surface area contributed by atoms with Crippen LogP contribution in [0.5, 0.6) is 0 Å². The number of rotatable bonds is 4. The number of fused-ring (bicyclic) bond motifs is 2. The molecule has 5 aliphatic carbocycles. The van der Waals surface area contributed by atoms with Gasteiger partial charge in [0.05, 0.1) is 12.1 Å². The predicted octanol–water partition coefficient (Wildman–Crippen LogP) is 6.49. The molecule has 0 bridgehead atoms. The zero-order chi connectivity index (χ0) is 27.5. The zero-order valence-corrected chi connectivity index (χ0v) is 25.3. The molecule has 1 N–H and O–H groups in total. The third-order valence-electron chi connectivity index (χ3n) is 14.3. The highest BCUT2D eigenvalue weighted by Gasteiger charge is 2.83. The molecule has 2 spiro atoms. The highest BCUT2D eigenvalue weighted by Crippen LogP contribution is 2.89. The molecule has 1 amide bonds. The quantitative estimate of drug-likeness (QED) is 0.494. The lowest BCUT2D eigenvalue weighted by atomic mass is 9.41. The van der Waals surface area contributed by atoms with Crippen LogP contribution in [0.3, 0.4) is 0 Å². The molecule has 0 unspecified atom stereocenters. The van der Waals surface area contributed by atoms with E-state index in [1.165, 1.54) is 44.9 Å². The lowest BCUT2D eigenvalue weighted by molar-refractivity contribution is -0.172. The molecule has 4 nitrogen and oxygen atoms in total. The van der Waals surface area contributed by atoms with Crippen LogP contribution < -0.4 is 0 Å². The molecule has 0 saturated heterocycles. The van der Waals surface area contributed by atoms with E-state index >= 15 is 0 Å². The summed E-state index contributed by atoms with van der Waals surface area (Å²) < 4.78 is 0. The SMILES string of the molecule is C[C@@H]([C@H]1CC[C@@]2(C)[C@@H]3CC[C@H]4C(C)(C)[C@@H](N(C)C(=O)c5ccccc5)[C@H](O)C[C@@]45C[C@@]35CC[C@]12C)N(C)C. The summed E-state index contributed by atoms with van der Waals surface area (Å²) in [5.41, 5.74) is 2.03. The van der Waals surface area contributed by atoms with Gasteiger partial charge in [-0.25, -0.2) is 0 Å². The Labute approximate surface area is 231 Å². The van der Waals surface area contributed by atoms with E-state index < -0.39 is 6.10 Å². The molecule has 10 atom stereocenters. The summed E-state index contributed by atoms with van der Waals surface area (Å²) in [5.74, 6) is 2.14. The van der Waals surface area contributed by atoms with Crippen LogP contribution in [0, 0.1) is 44.8 Å². The average molecular weight is 521 g/mol. The van der Waals surface area contributed by atoms with Gasteiger partial charge in [0, 0.05) is 18.7 Å². The van der Waals surface area contributed by atoms with Gasteiger partial charge in [0.1, 0.15) is 0 Å². The van der Waals surface area contributed by atoms with Gasteiger partial charge in [-0.1, -0.05) is 45.9 Å². The van der Waals surface area contributed by atoms with Crippen molar-refractivity contribution < 1.29 is 9.90 Å². The van der Waals surface area contributed by atoms with Crippen molar-refractivity contribution in [1.29, 1.82) is 0 Å². The molecule has 210 valence electrons. The maximum absolute atomic E-state index is 13.5. The molecular weight excluding hydrogens is 468 g/mol. The fourth-order valence-corrected chi connectivity index (χ4v) is 12.3. The molecule has 1 aromatic carbocycles. The van der Waals surface area contributed by atoms with Crippen molar-refractivity contribution in [3.8, 4) is 0 Å². The Bertz CT molecular complexity index is 1100. The zero-order valence-electron chi connectivity index (χ0n) is 25.3. The second-order valence-corrected chi connectivity index (χ2v) is 15.7. The van der Waals surface area contributed by atoms with E-state index in [4.69, 9.17) is 0 Å². The minimum Gasteiger partial charge on any atom is -0.391 e. The van der Waals surface area contributed by atoms with Crippen LogP contribution in [-0.4, -0.2) is 60.1 Å². The lowest BCUT2D eigenvalue weighted by Gasteiger charge is -2.64. The Hall–Kier alpha value is -1.39. The minimum atomic E-state index is -0.469. The molecule has 5 fully saturated rings. The summed E-state index contributed by atoms with van der Waals surface area (Å²) in [6, 6.07) is 10.1. The number of likely N-dealkylation sites (N-methyl/N-ethyl adjacent to an activating group) is 1. The molecule has 5 saturated carbocycles. The van der Waals surface area contributed by atoms with Crippen molar-refractivity contribution in [3.63, 3.8) is 0 Å². The monoisotopic (exact) mass is 520 g/mol. The predicted molar refractivity (Wildman–Crippen MR) is 154 cm³/mol. The first-order valence-corrected chi connectivity index (χ1v) is 15.4. The van der Waals surface area contributed by atoms with Gasteiger partial charge in [0.15, 0.2) is 0 Å². The van der Waals surface area contributed by atoms with Crippen molar-refractivity contribution in [3.05, 3.63) is 35.9 Å². The van der Waals surface area contributed by atoms with Crippen LogP contribution in [0.15, 0.2) is 30.3 Å². The molecule has 0 aromatic heterocycles. The van der Waals surface area contributed by atoms with Crippen LogP contribution in [0.1, 0.15) is 96.3 Å². The fraction of sp³-hybridized carbons (Fsp3) is 0.794. The average Bonchev–Trinajstić information content (AvgIpc) is 3.44. The van der Waals surface area contributed by atoms with Crippen LogP contribution in [0.2, 0.25) is 0 Å². The number of carbonyl (C=O) groups excluding carboxylic acids is 1. The topological polar surface area (TPSA) is 43.8 Å². The Morgan fingerprint density at radius 1 is 0.895 bits per heavy atom. The number of amides is 1. The van der Waals surface area contributed by atoms with Gasteiger partial charge in [-0.05, 0) is 129 Å². The number of nitrogens with zero attached hydrogens (tertiary/aromatic N) is 2. The highest BCUT2D eigenvalue weighted by molar-refractivity contribution is 5.94. The van der Waals surface area contributed by atoms with Crippen LogP contribution >= 0.6 is 0 Å². The van der Waals surface area contributed by atoms with Gasteiger partial charge in [0.2, 0.25) is 0 Å². The minimum absolute atomic E-state index is 0.0332. The maximum atomic E-state index is 13.5. The highest BCUT2D eigenvalue weighted by atomic mass is 16.3. The molecule has 6 rings (SSSR count). The standard InChI is InChI=1S/C34H52N2O2/c1-22(35(6)7)24-16-17-32(5)27-15-14-26-30(2,3)28(36(8)29(38)23-12-10-9-11-13-23)25(37)20-34(26)21-33(27,34)19-18-31(24,32)4/h9-13,22,24-28,37H,14-21H2,1-8H3/t22-,24+,25+,26-,27-,28-,31+,32-,33-,34+/m0/s1. The first-order valence-electron chi connectivity index (χ1n) is 15.4. The van der Waals surface area contributed by atoms with Gasteiger partial charge < -0.3 is 14.9 Å². The number of carbonyl (C=O) groups is 1. The van der Waals surface area contributed by atoms with Gasteiger partial charge in [-0.15, -0.1) is 0 Å². The maximum Gasteiger partial charge on any atom is 0.253 e. The molecule has 0 aliphatic heterocycles. The van der Waals surface area contributed by atoms with Crippen LogP contribution in [-0.2, 0) is 0 Å². The van der Waals surface area contributed by atoms with Crippen molar-refractivity contribution in [1.82, 2.24) is 9.80 Å². The van der Waals surface area contributed by atoms with Crippen molar-refractivity contribution in [2.45, 2.75) is 104 Å². The lowest BCUT2D eigenvalue weighted by Crippen LogP contribution is -2.64. The fourth-order valence-electron chi connectivity index (χ4n) is 12.3. The van der Waals surface area contributed by atoms with Crippen molar-refractivity contribution in [2.24, 2.45) is 44.8 Å². The van der Waals surface area contributed by atoms with E-state index in [-0.39, 0.29) is 22.8 Å². The van der Waals surface area contributed by atoms with Gasteiger partial charge in [-0.2, -0.15) is 0 Å². The summed E-state index contributed by atoms with van der Waals surface area (Å²) in [6.07, 6.45) is 9.67. The molecule has 5 aliphatic rings. The van der Waals surface area contributed by atoms with Crippen LogP contribution in [0.25, 0.3) is 0 Å². The third kappa shape index (κ3) is 3.14. The van der Waals surface area contributed by atoms with E-state index in [9.17, 15) is 9.90 Å². The van der Waals surface area contributed by atoms with Gasteiger partial charge >= 0.3 is 0 Å². The Kier molecular flexibility index (Phi) is 5.87. The molecule has 0 heterocycles. The first kappa shape index (κ1) is 26.8. The van der Waals surface area contributed by atoms with E-state index in [2.05, 4.69) is 53.6 Å². The second-order valence-electron chi connectivity index (χ2n) is 15.7. The second kappa shape index (κ2) is 8.32. The number of aliphatic hydroxyl groups excluding tert-OH is 1. The van der Waals surface area contributed by atoms with Gasteiger partial charge in [-0.3, -0.25) is 4.79 Å². The molecule has 4 heteroatoms. The first-order chi connectivity index (χ1) is 17.8. The van der Waals surface area contributed by atoms with E-state index in [1.807, 2.05) is 42.3 Å². The summed E-state index contributed by atoms with van der Waals surface area (Å²) in [5, 5.41) is 11.9. The molecule has 38 heavy (non-hydrogen) atoms. The normalized spacial score (nSPS) is 47.4. The van der Waals surface area contributed by atoms with Crippen LogP contribution in [0.4, 0.5) is 0 Å². The number of aliphatic hydroxyl groups is 1. The molecule has 1 aromatic rings. The van der Waals surface area contributed by atoms with Crippen molar-refractivity contribution in [2.75, 3.05) is 21.1 Å². The Morgan fingerprint density at radius 3 is 2.21 bits per heavy atom. The summed E-state index contributed by atoms with van der Waals surface area (Å²) in [6.45, 7) is 12.5. The van der Waals surface area contributed by atoms with Crippen molar-refractivity contribution >= 4 is 5.91 Å². The summed E-state index contributed by atoms with van der Waals surface area (Å²) in [7, 11) is 6.45. The molecule has 0 radical (unpaired) electrons. The Balaban J connectivity index is 1.30. The van der Waals surface area contributed by atoms with E-state index in [0.29, 0.717) is 33.8 Å². The Morgan fingerprint density at radius 2 is 1.55 bits per heavy atom. The smallest absolute Gasteiger partial charge is 0.253 e. The summed E-state index contributed by atoms with van der Waals surface area (Å²) >= 11 is 0. The van der Waals surface area contributed by atoms with Gasteiger partial charge in [0.25, 0.3) is 5.91 Å². The van der Waals surface area contributed by atoms with E-state index in [0.717, 1.165) is 18.3 Å². The number of benzene rings is 1. The molecular formula is C34H52N2O2. The number of hydrogen-bond acceptors (Lipinski definition) is 3.